The molecular weight excluding hydrogens is 330 g/mol. The van der Waals surface area contributed by atoms with Gasteiger partial charge in [0.1, 0.15) is 5.82 Å². The predicted octanol–water partition coefficient (Wildman–Crippen LogP) is 4.31. The second-order valence-corrected chi connectivity index (χ2v) is 5.77. The van der Waals surface area contributed by atoms with Gasteiger partial charge in [0.05, 0.1) is 11.9 Å². The highest BCUT2D eigenvalue weighted by Crippen LogP contribution is 2.15. The molecule has 1 atom stereocenters. The zero-order valence-electron chi connectivity index (χ0n) is 12.1. The van der Waals surface area contributed by atoms with Crippen LogP contribution < -0.4 is 10.6 Å². The zero-order valence-corrected chi connectivity index (χ0v) is 13.6. The standard InChI is InChI=1S/C16H18BrN3O/c1-3-11(2)19-14-7-8-15(18-10-14)20-16(21)12-5-4-6-13(17)9-12/h4-11,19H,3H2,1-2H3,(H,18,20,21). The minimum Gasteiger partial charge on any atom is -0.381 e. The molecule has 0 radical (unpaired) electrons. The molecule has 0 bridgehead atoms. The highest BCUT2D eigenvalue weighted by atomic mass is 79.9. The number of carbonyl (C=O) groups is 1. The van der Waals surface area contributed by atoms with E-state index in [9.17, 15) is 4.79 Å². The molecule has 0 fully saturated rings. The van der Waals surface area contributed by atoms with Crippen LogP contribution in [0.5, 0.6) is 0 Å². The molecule has 4 nitrogen and oxygen atoms in total. The molecule has 1 aromatic carbocycles. The Balaban J connectivity index is 2.01. The number of carbonyl (C=O) groups excluding carboxylic acids is 1. The second kappa shape index (κ2) is 7.22. The molecule has 2 rings (SSSR count). The topological polar surface area (TPSA) is 54.0 Å². The quantitative estimate of drug-likeness (QED) is 0.847. The number of halogens is 1. The van der Waals surface area contributed by atoms with E-state index in [1.54, 1.807) is 24.4 Å². The van der Waals surface area contributed by atoms with Crippen molar-refractivity contribution in [2.45, 2.75) is 26.3 Å². The molecular formula is C16H18BrN3O. The van der Waals surface area contributed by atoms with Crippen molar-refractivity contribution in [3.05, 3.63) is 52.6 Å². The number of nitrogens with one attached hydrogen (secondary N) is 2. The first kappa shape index (κ1) is 15.5. The van der Waals surface area contributed by atoms with Crippen LogP contribution in [0.15, 0.2) is 47.1 Å². The first-order chi connectivity index (χ1) is 10.1. The summed E-state index contributed by atoms with van der Waals surface area (Å²) in [7, 11) is 0. The van der Waals surface area contributed by atoms with Gasteiger partial charge >= 0.3 is 0 Å². The summed E-state index contributed by atoms with van der Waals surface area (Å²) in [6.45, 7) is 4.24. The summed E-state index contributed by atoms with van der Waals surface area (Å²) < 4.78 is 0.871. The average Bonchev–Trinajstić information content (AvgIpc) is 2.49. The van der Waals surface area contributed by atoms with Gasteiger partial charge in [0.25, 0.3) is 5.91 Å². The van der Waals surface area contributed by atoms with Crippen molar-refractivity contribution >= 4 is 33.3 Å². The van der Waals surface area contributed by atoms with Crippen molar-refractivity contribution in [1.29, 1.82) is 0 Å². The Labute approximate surface area is 133 Å². The molecule has 1 amide bonds. The molecule has 0 aliphatic heterocycles. The molecule has 21 heavy (non-hydrogen) atoms. The third-order valence-corrected chi connectivity index (χ3v) is 3.61. The summed E-state index contributed by atoms with van der Waals surface area (Å²) in [6, 6.07) is 11.3. The maximum atomic E-state index is 12.1. The first-order valence-electron chi connectivity index (χ1n) is 6.88. The van der Waals surface area contributed by atoms with E-state index in [0.29, 0.717) is 17.4 Å². The number of amides is 1. The van der Waals surface area contributed by atoms with Crippen LogP contribution in [0.1, 0.15) is 30.6 Å². The fourth-order valence-corrected chi connectivity index (χ4v) is 2.16. The maximum Gasteiger partial charge on any atom is 0.256 e. The molecule has 1 aromatic heterocycles. The van der Waals surface area contributed by atoms with Gasteiger partial charge in [-0.25, -0.2) is 4.98 Å². The van der Waals surface area contributed by atoms with Crippen LogP contribution in [0.2, 0.25) is 0 Å². The Morgan fingerprint density at radius 2 is 2.14 bits per heavy atom. The second-order valence-electron chi connectivity index (χ2n) is 4.85. The van der Waals surface area contributed by atoms with Crippen LogP contribution in [0.3, 0.4) is 0 Å². The third-order valence-electron chi connectivity index (χ3n) is 3.12. The van der Waals surface area contributed by atoms with Crippen molar-refractivity contribution in [3.63, 3.8) is 0 Å². The molecule has 5 heteroatoms. The molecule has 110 valence electrons. The number of benzene rings is 1. The SMILES string of the molecule is CCC(C)Nc1ccc(NC(=O)c2cccc(Br)c2)nc1. The Morgan fingerprint density at radius 3 is 2.76 bits per heavy atom. The van der Waals surface area contributed by atoms with Gasteiger partial charge in [0.15, 0.2) is 0 Å². The number of hydrogen-bond acceptors (Lipinski definition) is 3. The monoisotopic (exact) mass is 347 g/mol. The molecule has 1 unspecified atom stereocenters. The van der Waals surface area contributed by atoms with Crippen LogP contribution in [0, 0.1) is 0 Å². The molecule has 0 aliphatic carbocycles. The van der Waals surface area contributed by atoms with Gasteiger partial charge in [-0.3, -0.25) is 4.79 Å². The van der Waals surface area contributed by atoms with Gasteiger partial charge in [-0.05, 0) is 43.7 Å². The minimum atomic E-state index is -0.175. The summed E-state index contributed by atoms with van der Waals surface area (Å²) in [5, 5.41) is 6.11. The first-order valence-corrected chi connectivity index (χ1v) is 7.67. The predicted molar refractivity (Wildman–Crippen MR) is 89.7 cm³/mol. The van der Waals surface area contributed by atoms with Crippen LogP contribution in [0.25, 0.3) is 0 Å². The summed E-state index contributed by atoms with van der Waals surface area (Å²) >= 11 is 3.35. The number of pyridine rings is 1. The number of aromatic nitrogens is 1. The molecule has 0 saturated carbocycles. The van der Waals surface area contributed by atoms with Crippen LogP contribution >= 0.6 is 15.9 Å². The van der Waals surface area contributed by atoms with E-state index in [1.165, 1.54) is 0 Å². The lowest BCUT2D eigenvalue weighted by Crippen LogP contribution is -2.15. The molecule has 0 spiro atoms. The summed E-state index contributed by atoms with van der Waals surface area (Å²) in [5.41, 5.74) is 1.54. The molecule has 2 N–H and O–H groups in total. The highest BCUT2D eigenvalue weighted by Gasteiger charge is 2.07. The van der Waals surface area contributed by atoms with Gasteiger partial charge < -0.3 is 10.6 Å². The maximum absolute atomic E-state index is 12.1. The number of rotatable bonds is 5. The van der Waals surface area contributed by atoms with Gasteiger partial charge in [0, 0.05) is 16.1 Å². The van der Waals surface area contributed by atoms with E-state index in [-0.39, 0.29) is 5.91 Å². The molecule has 0 aliphatic rings. The van der Waals surface area contributed by atoms with Crippen LogP contribution in [-0.4, -0.2) is 16.9 Å². The van der Waals surface area contributed by atoms with E-state index in [4.69, 9.17) is 0 Å². The zero-order chi connectivity index (χ0) is 15.2. The van der Waals surface area contributed by atoms with Gasteiger partial charge in [-0.2, -0.15) is 0 Å². The van der Waals surface area contributed by atoms with Crippen LogP contribution in [0.4, 0.5) is 11.5 Å². The van der Waals surface area contributed by atoms with Crippen molar-refractivity contribution < 1.29 is 4.79 Å². The Hall–Kier alpha value is -1.88. The lowest BCUT2D eigenvalue weighted by molar-refractivity contribution is 0.102. The van der Waals surface area contributed by atoms with E-state index >= 15 is 0 Å². The van der Waals surface area contributed by atoms with Crippen molar-refractivity contribution in [2.24, 2.45) is 0 Å². The summed E-state index contributed by atoms with van der Waals surface area (Å²) in [5.74, 6) is 0.362. The van der Waals surface area contributed by atoms with E-state index in [1.807, 2.05) is 18.2 Å². The lowest BCUT2D eigenvalue weighted by Gasteiger charge is -2.13. The Bertz CT molecular complexity index is 613. The summed E-state index contributed by atoms with van der Waals surface area (Å²) in [4.78, 5) is 16.3. The van der Waals surface area contributed by atoms with Gasteiger partial charge in [-0.1, -0.05) is 28.9 Å². The normalized spacial score (nSPS) is 11.8. The Morgan fingerprint density at radius 1 is 1.33 bits per heavy atom. The van der Waals surface area contributed by atoms with Crippen molar-refractivity contribution in [1.82, 2.24) is 4.98 Å². The summed E-state index contributed by atoms with van der Waals surface area (Å²) in [6.07, 6.45) is 2.77. The smallest absolute Gasteiger partial charge is 0.256 e. The highest BCUT2D eigenvalue weighted by molar-refractivity contribution is 9.10. The fraction of sp³-hybridized carbons (Fsp3) is 0.250. The van der Waals surface area contributed by atoms with E-state index in [0.717, 1.165) is 16.6 Å². The minimum absolute atomic E-state index is 0.175. The van der Waals surface area contributed by atoms with Gasteiger partial charge in [0.2, 0.25) is 0 Å². The molecule has 0 saturated heterocycles. The third kappa shape index (κ3) is 4.56. The lowest BCUT2D eigenvalue weighted by atomic mass is 10.2. The Kier molecular flexibility index (Phi) is 5.33. The average molecular weight is 348 g/mol. The fourth-order valence-electron chi connectivity index (χ4n) is 1.76. The van der Waals surface area contributed by atoms with E-state index < -0.39 is 0 Å². The van der Waals surface area contributed by atoms with Crippen molar-refractivity contribution in [2.75, 3.05) is 10.6 Å². The molecule has 1 heterocycles. The van der Waals surface area contributed by atoms with Gasteiger partial charge in [-0.15, -0.1) is 0 Å². The largest absolute Gasteiger partial charge is 0.381 e. The van der Waals surface area contributed by atoms with Crippen LogP contribution in [-0.2, 0) is 0 Å². The number of anilines is 2. The number of hydrogen-bond donors (Lipinski definition) is 2. The molecule has 2 aromatic rings. The van der Waals surface area contributed by atoms with Crippen molar-refractivity contribution in [3.8, 4) is 0 Å². The van der Waals surface area contributed by atoms with E-state index in [2.05, 4.69) is 45.4 Å². The number of nitrogens with zero attached hydrogens (tertiary/aromatic N) is 1.